The van der Waals surface area contributed by atoms with Crippen molar-refractivity contribution in [3.05, 3.63) is 34.6 Å². The zero-order valence-corrected chi connectivity index (χ0v) is 11.9. The summed E-state index contributed by atoms with van der Waals surface area (Å²) in [4.78, 5) is 12.0. The Kier molecular flexibility index (Phi) is 3.69. The highest BCUT2D eigenvalue weighted by molar-refractivity contribution is 6.31. The summed E-state index contributed by atoms with van der Waals surface area (Å²) in [5.41, 5.74) is 6.42. The van der Waals surface area contributed by atoms with Gasteiger partial charge >= 0.3 is 0 Å². The second kappa shape index (κ2) is 5.34. The van der Waals surface area contributed by atoms with E-state index in [1.54, 1.807) is 12.1 Å². The van der Waals surface area contributed by atoms with E-state index in [9.17, 15) is 9.18 Å². The molecule has 3 unspecified atom stereocenters. The summed E-state index contributed by atoms with van der Waals surface area (Å²) in [5, 5.41) is 3.28. The topological polar surface area (TPSA) is 55.1 Å². The minimum Gasteiger partial charge on any atom is -0.354 e. The lowest BCUT2D eigenvalue weighted by Crippen LogP contribution is -2.39. The molecule has 0 heterocycles. The summed E-state index contributed by atoms with van der Waals surface area (Å²) >= 11 is 6.02. The van der Waals surface area contributed by atoms with Crippen LogP contribution in [0.15, 0.2) is 18.2 Å². The second-order valence-electron chi connectivity index (χ2n) is 5.83. The highest BCUT2D eigenvalue weighted by Crippen LogP contribution is 2.50. The number of hydrogen-bond acceptors (Lipinski definition) is 2. The number of rotatable bonds is 5. The van der Waals surface area contributed by atoms with Crippen LogP contribution in [-0.2, 0) is 4.79 Å². The maximum absolute atomic E-state index is 13.8. The molecule has 3 atom stereocenters. The smallest absolute Gasteiger partial charge is 0.223 e. The van der Waals surface area contributed by atoms with Gasteiger partial charge in [-0.3, -0.25) is 4.79 Å². The van der Waals surface area contributed by atoms with Gasteiger partial charge < -0.3 is 11.1 Å². The minimum atomic E-state index is -0.326. The molecule has 5 heteroatoms. The van der Waals surface area contributed by atoms with Crippen LogP contribution in [0.25, 0.3) is 0 Å². The Morgan fingerprint density at radius 3 is 2.90 bits per heavy atom. The van der Waals surface area contributed by atoms with Crippen molar-refractivity contribution in [2.75, 3.05) is 6.54 Å². The van der Waals surface area contributed by atoms with Crippen LogP contribution in [0, 0.1) is 17.7 Å². The molecule has 0 spiro atoms. The second-order valence-corrected chi connectivity index (χ2v) is 6.24. The van der Waals surface area contributed by atoms with E-state index < -0.39 is 0 Å². The van der Waals surface area contributed by atoms with E-state index in [0.29, 0.717) is 29.5 Å². The summed E-state index contributed by atoms with van der Waals surface area (Å²) in [7, 11) is 0. The fourth-order valence-corrected chi connectivity index (χ4v) is 3.01. The SMILES string of the molecule is NC(CNC(=O)C1CC1c1c(F)cccc1Cl)C1CC1. The van der Waals surface area contributed by atoms with Crippen molar-refractivity contribution < 1.29 is 9.18 Å². The Morgan fingerprint density at radius 1 is 1.50 bits per heavy atom. The molecule has 2 aliphatic rings. The van der Waals surface area contributed by atoms with Gasteiger partial charge in [-0.25, -0.2) is 4.39 Å². The van der Waals surface area contributed by atoms with Crippen molar-refractivity contribution >= 4 is 17.5 Å². The molecule has 0 bridgehead atoms. The van der Waals surface area contributed by atoms with E-state index >= 15 is 0 Å². The van der Waals surface area contributed by atoms with Gasteiger partial charge in [0.15, 0.2) is 0 Å². The van der Waals surface area contributed by atoms with Gasteiger partial charge in [-0.15, -0.1) is 0 Å². The van der Waals surface area contributed by atoms with Crippen molar-refractivity contribution in [1.29, 1.82) is 0 Å². The Bertz CT molecular complexity index is 512. The minimum absolute atomic E-state index is 0.0366. The number of benzene rings is 1. The number of carbonyl (C=O) groups excluding carboxylic acids is 1. The zero-order valence-electron chi connectivity index (χ0n) is 11.1. The molecule has 1 aromatic rings. The lowest BCUT2D eigenvalue weighted by molar-refractivity contribution is -0.122. The van der Waals surface area contributed by atoms with Crippen LogP contribution in [0.3, 0.4) is 0 Å². The van der Waals surface area contributed by atoms with Crippen molar-refractivity contribution in [2.45, 2.75) is 31.2 Å². The van der Waals surface area contributed by atoms with Gasteiger partial charge in [0.2, 0.25) is 5.91 Å². The normalized spacial score (nSPS) is 26.1. The largest absolute Gasteiger partial charge is 0.354 e. The molecule has 3 nitrogen and oxygen atoms in total. The summed E-state index contributed by atoms with van der Waals surface area (Å²) < 4.78 is 13.8. The quantitative estimate of drug-likeness (QED) is 0.877. The fourth-order valence-electron chi connectivity index (χ4n) is 2.71. The van der Waals surface area contributed by atoms with E-state index in [0.717, 1.165) is 12.8 Å². The van der Waals surface area contributed by atoms with Crippen LogP contribution < -0.4 is 11.1 Å². The number of carbonyl (C=O) groups is 1. The molecule has 3 rings (SSSR count). The molecule has 2 fully saturated rings. The van der Waals surface area contributed by atoms with Gasteiger partial charge in [0.25, 0.3) is 0 Å². The standard InChI is InChI=1S/C15H18ClFN2O/c16-11-2-1-3-12(17)14(11)9-6-10(9)15(20)19-7-13(18)8-4-5-8/h1-3,8-10,13H,4-7,18H2,(H,19,20). The first-order chi connectivity index (χ1) is 9.58. The monoisotopic (exact) mass is 296 g/mol. The van der Waals surface area contributed by atoms with Crippen LogP contribution >= 0.6 is 11.6 Å². The molecule has 2 saturated carbocycles. The van der Waals surface area contributed by atoms with Gasteiger partial charge in [-0.1, -0.05) is 17.7 Å². The molecule has 3 N–H and O–H groups in total. The highest BCUT2D eigenvalue weighted by atomic mass is 35.5. The molecule has 0 aliphatic heterocycles. The molecule has 0 aromatic heterocycles. The highest BCUT2D eigenvalue weighted by Gasteiger charge is 2.46. The van der Waals surface area contributed by atoms with Gasteiger partial charge in [-0.2, -0.15) is 0 Å². The van der Waals surface area contributed by atoms with Crippen molar-refractivity contribution in [2.24, 2.45) is 17.6 Å². The first kappa shape index (κ1) is 13.8. The lowest BCUT2D eigenvalue weighted by Gasteiger charge is -2.11. The molecule has 0 saturated heterocycles. The average Bonchev–Trinajstić information content (AvgIpc) is 3.26. The third-order valence-corrected chi connectivity index (χ3v) is 4.57. The predicted molar refractivity (Wildman–Crippen MR) is 76.0 cm³/mol. The molecular formula is C15H18ClFN2O. The molecular weight excluding hydrogens is 279 g/mol. The number of halogens is 2. The maximum atomic E-state index is 13.8. The average molecular weight is 297 g/mol. The summed E-state index contributed by atoms with van der Waals surface area (Å²) in [6.07, 6.45) is 2.98. The summed E-state index contributed by atoms with van der Waals surface area (Å²) in [5.74, 6) is -0.0686. The first-order valence-corrected chi connectivity index (χ1v) is 7.43. The van der Waals surface area contributed by atoms with Crippen LogP contribution in [0.2, 0.25) is 5.02 Å². The van der Waals surface area contributed by atoms with Crippen LogP contribution in [0.1, 0.15) is 30.7 Å². The number of nitrogens with two attached hydrogens (primary N) is 1. The Morgan fingerprint density at radius 2 is 2.25 bits per heavy atom. The Hall–Kier alpha value is -1.13. The van der Waals surface area contributed by atoms with Gasteiger partial charge in [-0.05, 0) is 37.3 Å². The van der Waals surface area contributed by atoms with Crippen LogP contribution in [0.5, 0.6) is 0 Å². The summed E-state index contributed by atoms with van der Waals surface area (Å²) in [6.45, 7) is 0.512. The molecule has 20 heavy (non-hydrogen) atoms. The van der Waals surface area contributed by atoms with E-state index in [-0.39, 0.29) is 29.6 Å². The van der Waals surface area contributed by atoms with Crippen molar-refractivity contribution in [3.63, 3.8) is 0 Å². The van der Waals surface area contributed by atoms with E-state index in [2.05, 4.69) is 5.32 Å². The van der Waals surface area contributed by atoms with Crippen LogP contribution in [-0.4, -0.2) is 18.5 Å². The summed E-state index contributed by atoms with van der Waals surface area (Å²) in [6, 6.07) is 4.68. The maximum Gasteiger partial charge on any atom is 0.223 e. The van der Waals surface area contributed by atoms with E-state index in [1.807, 2.05) is 0 Å². The predicted octanol–water partition coefficient (Wildman–Crippen LogP) is 2.44. The number of amides is 1. The van der Waals surface area contributed by atoms with Crippen molar-refractivity contribution in [3.8, 4) is 0 Å². The Labute approximate surface area is 122 Å². The molecule has 1 amide bonds. The van der Waals surface area contributed by atoms with E-state index in [4.69, 9.17) is 17.3 Å². The van der Waals surface area contributed by atoms with Gasteiger partial charge in [0.1, 0.15) is 5.82 Å². The van der Waals surface area contributed by atoms with Gasteiger partial charge in [0.05, 0.1) is 0 Å². The fraction of sp³-hybridized carbons (Fsp3) is 0.533. The molecule has 1 aromatic carbocycles. The first-order valence-electron chi connectivity index (χ1n) is 7.05. The third kappa shape index (κ3) is 2.81. The van der Waals surface area contributed by atoms with Crippen molar-refractivity contribution in [1.82, 2.24) is 5.32 Å². The lowest BCUT2D eigenvalue weighted by atomic mass is 10.1. The molecule has 108 valence electrons. The van der Waals surface area contributed by atoms with E-state index in [1.165, 1.54) is 6.07 Å². The number of nitrogens with one attached hydrogen (secondary N) is 1. The number of hydrogen-bond donors (Lipinski definition) is 2. The molecule has 2 aliphatic carbocycles. The zero-order chi connectivity index (χ0) is 14.3. The van der Waals surface area contributed by atoms with Gasteiger partial charge in [0, 0.05) is 35.0 Å². The molecule has 0 radical (unpaired) electrons. The Balaban J connectivity index is 1.56. The van der Waals surface area contributed by atoms with Crippen LogP contribution in [0.4, 0.5) is 4.39 Å². The third-order valence-electron chi connectivity index (χ3n) is 4.24.